The third kappa shape index (κ3) is 1.78. The predicted octanol–water partition coefficient (Wildman–Crippen LogP) is 1.48. The molecule has 0 unspecified atom stereocenters. The number of nitrogens with zero attached hydrogens (tertiary/aromatic N) is 2. The number of aromatic nitrogens is 1. The number of anilines is 1. The summed E-state index contributed by atoms with van der Waals surface area (Å²) in [5.41, 5.74) is 1.84. The summed E-state index contributed by atoms with van der Waals surface area (Å²) in [6.07, 6.45) is 0.800. The summed E-state index contributed by atoms with van der Waals surface area (Å²) in [6, 6.07) is 5.92. The number of hydrogen-bond donors (Lipinski definition) is 0. The van der Waals surface area contributed by atoms with Gasteiger partial charge in [0.1, 0.15) is 5.52 Å². The molecule has 1 fully saturated rings. The maximum absolute atomic E-state index is 10.9. The lowest BCUT2D eigenvalue weighted by Crippen LogP contribution is -2.36. The maximum atomic E-state index is 10.9. The summed E-state index contributed by atoms with van der Waals surface area (Å²) >= 11 is 0. The van der Waals surface area contributed by atoms with Gasteiger partial charge in [0.15, 0.2) is 11.9 Å². The standard InChI is InChI=1S/C12H12N2O3/c15-8-9-2-1-3-10-11(9)13-12(17-10)14-4-6-16-7-5-14/h1-3,8H,4-7H2. The Morgan fingerprint density at radius 3 is 2.88 bits per heavy atom. The molecule has 1 aromatic heterocycles. The van der Waals surface area contributed by atoms with Crippen LogP contribution in [0.15, 0.2) is 22.6 Å². The zero-order chi connectivity index (χ0) is 11.7. The van der Waals surface area contributed by atoms with Crippen molar-refractivity contribution in [2.24, 2.45) is 0 Å². The molecule has 0 aliphatic carbocycles. The van der Waals surface area contributed by atoms with Crippen LogP contribution in [0.2, 0.25) is 0 Å². The van der Waals surface area contributed by atoms with Crippen LogP contribution in [0.1, 0.15) is 10.4 Å². The molecule has 0 spiro atoms. The van der Waals surface area contributed by atoms with E-state index in [1.165, 1.54) is 0 Å². The molecule has 0 atom stereocenters. The fraction of sp³-hybridized carbons (Fsp3) is 0.333. The number of morpholine rings is 1. The molecule has 1 saturated heterocycles. The van der Waals surface area contributed by atoms with Crippen molar-refractivity contribution in [3.8, 4) is 0 Å². The Labute approximate surface area is 98.0 Å². The molecule has 1 aliphatic rings. The highest BCUT2D eigenvalue weighted by Gasteiger charge is 2.17. The van der Waals surface area contributed by atoms with Crippen molar-refractivity contribution in [2.45, 2.75) is 0 Å². The summed E-state index contributed by atoms with van der Waals surface area (Å²) in [6.45, 7) is 2.89. The van der Waals surface area contributed by atoms with Crippen LogP contribution in [0.4, 0.5) is 6.01 Å². The molecule has 0 N–H and O–H groups in total. The molecule has 1 aliphatic heterocycles. The monoisotopic (exact) mass is 232 g/mol. The van der Waals surface area contributed by atoms with Gasteiger partial charge in [-0.15, -0.1) is 0 Å². The molecule has 1 aromatic carbocycles. The van der Waals surface area contributed by atoms with Gasteiger partial charge in [0, 0.05) is 18.7 Å². The van der Waals surface area contributed by atoms with Crippen molar-refractivity contribution in [1.82, 2.24) is 4.98 Å². The minimum atomic E-state index is 0.561. The van der Waals surface area contributed by atoms with E-state index in [1.54, 1.807) is 12.1 Å². The lowest BCUT2D eigenvalue weighted by atomic mass is 10.2. The first kappa shape index (κ1) is 10.3. The van der Waals surface area contributed by atoms with Crippen molar-refractivity contribution in [1.29, 1.82) is 0 Å². The highest BCUT2D eigenvalue weighted by Crippen LogP contribution is 2.24. The zero-order valence-corrected chi connectivity index (χ0v) is 9.26. The first-order valence-electron chi connectivity index (χ1n) is 5.56. The maximum Gasteiger partial charge on any atom is 0.298 e. The molecular weight excluding hydrogens is 220 g/mol. The van der Waals surface area contributed by atoms with Crippen LogP contribution in [-0.2, 0) is 4.74 Å². The topological polar surface area (TPSA) is 55.6 Å². The van der Waals surface area contributed by atoms with Gasteiger partial charge in [-0.1, -0.05) is 6.07 Å². The molecule has 5 nitrogen and oxygen atoms in total. The summed E-state index contributed by atoms with van der Waals surface area (Å²) in [5, 5.41) is 0. The van der Waals surface area contributed by atoms with E-state index in [4.69, 9.17) is 9.15 Å². The van der Waals surface area contributed by atoms with Gasteiger partial charge < -0.3 is 14.1 Å². The highest BCUT2D eigenvalue weighted by atomic mass is 16.5. The van der Waals surface area contributed by atoms with Crippen LogP contribution >= 0.6 is 0 Å². The van der Waals surface area contributed by atoms with Gasteiger partial charge in [-0.25, -0.2) is 0 Å². The lowest BCUT2D eigenvalue weighted by molar-refractivity contribution is 0.112. The number of hydrogen-bond acceptors (Lipinski definition) is 5. The number of benzene rings is 1. The average Bonchev–Trinajstić information content (AvgIpc) is 2.83. The molecule has 88 valence electrons. The van der Waals surface area contributed by atoms with Crippen LogP contribution in [0.3, 0.4) is 0 Å². The molecular formula is C12H12N2O3. The largest absolute Gasteiger partial charge is 0.423 e. The van der Waals surface area contributed by atoms with Crippen molar-refractivity contribution in [3.63, 3.8) is 0 Å². The van der Waals surface area contributed by atoms with Gasteiger partial charge in [0.2, 0.25) is 0 Å². The van der Waals surface area contributed by atoms with E-state index in [2.05, 4.69) is 4.98 Å². The smallest absolute Gasteiger partial charge is 0.298 e. The third-order valence-corrected chi connectivity index (χ3v) is 2.85. The van der Waals surface area contributed by atoms with E-state index in [0.29, 0.717) is 35.9 Å². The Morgan fingerprint density at radius 1 is 1.29 bits per heavy atom. The average molecular weight is 232 g/mol. The first-order chi connectivity index (χ1) is 8.38. The quantitative estimate of drug-likeness (QED) is 0.734. The Bertz CT molecular complexity index is 544. The number of fused-ring (bicyclic) bond motifs is 1. The fourth-order valence-corrected chi connectivity index (χ4v) is 1.94. The van der Waals surface area contributed by atoms with Gasteiger partial charge in [0.05, 0.1) is 13.2 Å². The predicted molar refractivity (Wildman–Crippen MR) is 62.4 cm³/mol. The zero-order valence-electron chi connectivity index (χ0n) is 9.26. The van der Waals surface area contributed by atoms with Crippen LogP contribution in [0.5, 0.6) is 0 Å². The minimum absolute atomic E-state index is 0.561. The number of rotatable bonds is 2. The van der Waals surface area contributed by atoms with Gasteiger partial charge >= 0.3 is 0 Å². The van der Waals surface area contributed by atoms with Crippen LogP contribution < -0.4 is 4.90 Å². The summed E-state index contributed by atoms with van der Waals surface area (Å²) < 4.78 is 10.9. The van der Waals surface area contributed by atoms with E-state index < -0.39 is 0 Å². The third-order valence-electron chi connectivity index (χ3n) is 2.85. The van der Waals surface area contributed by atoms with Crippen molar-refractivity contribution < 1.29 is 13.9 Å². The van der Waals surface area contributed by atoms with Crippen molar-refractivity contribution in [2.75, 3.05) is 31.2 Å². The summed E-state index contributed by atoms with van der Waals surface area (Å²) in [5.74, 6) is 0. The molecule has 0 amide bonds. The second-order valence-corrected chi connectivity index (χ2v) is 3.91. The molecule has 5 heteroatoms. The minimum Gasteiger partial charge on any atom is -0.423 e. The van der Waals surface area contributed by atoms with Gasteiger partial charge in [-0.05, 0) is 12.1 Å². The molecule has 2 heterocycles. The van der Waals surface area contributed by atoms with Crippen LogP contribution in [0, 0.1) is 0 Å². The van der Waals surface area contributed by atoms with E-state index in [9.17, 15) is 4.79 Å². The second kappa shape index (κ2) is 4.18. The molecule has 17 heavy (non-hydrogen) atoms. The number of para-hydroxylation sites is 1. The molecule has 0 saturated carbocycles. The Kier molecular flexibility index (Phi) is 2.53. The van der Waals surface area contributed by atoms with Crippen LogP contribution in [0.25, 0.3) is 11.1 Å². The van der Waals surface area contributed by atoms with E-state index in [1.807, 2.05) is 11.0 Å². The van der Waals surface area contributed by atoms with Crippen LogP contribution in [-0.4, -0.2) is 37.6 Å². The lowest BCUT2D eigenvalue weighted by Gasteiger charge is -2.24. The summed E-state index contributed by atoms with van der Waals surface area (Å²) in [4.78, 5) is 17.3. The molecule has 0 radical (unpaired) electrons. The van der Waals surface area contributed by atoms with E-state index in [-0.39, 0.29) is 0 Å². The van der Waals surface area contributed by atoms with Gasteiger partial charge in [0.25, 0.3) is 6.01 Å². The Morgan fingerprint density at radius 2 is 2.12 bits per heavy atom. The SMILES string of the molecule is O=Cc1cccc2oc(N3CCOCC3)nc12. The number of ether oxygens (including phenoxy) is 1. The summed E-state index contributed by atoms with van der Waals surface area (Å²) in [7, 11) is 0. The Balaban J connectivity index is 2.03. The molecule has 2 aromatic rings. The number of carbonyl (C=O) groups excluding carboxylic acids is 1. The fourth-order valence-electron chi connectivity index (χ4n) is 1.94. The van der Waals surface area contributed by atoms with Gasteiger partial charge in [-0.2, -0.15) is 4.98 Å². The Hall–Kier alpha value is -1.88. The van der Waals surface area contributed by atoms with Gasteiger partial charge in [-0.3, -0.25) is 4.79 Å². The van der Waals surface area contributed by atoms with Crippen molar-refractivity contribution in [3.05, 3.63) is 23.8 Å². The number of oxazole rings is 1. The highest BCUT2D eigenvalue weighted by molar-refractivity contribution is 5.93. The van der Waals surface area contributed by atoms with E-state index in [0.717, 1.165) is 19.4 Å². The number of carbonyl (C=O) groups is 1. The normalized spacial score (nSPS) is 16.4. The van der Waals surface area contributed by atoms with Crippen molar-refractivity contribution >= 4 is 23.4 Å². The van der Waals surface area contributed by atoms with E-state index >= 15 is 0 Å². The first-order valence-corrected chi connectivity index (χ1v) is 5.56. The second-order valence-electron chi connectivity index (χ2n) is 3.91. The molecule has 0 bridgehead atoms. The molecule has 3 rings (SSSR count). The number of aldehydes is 1.